The summed E-state index contributed by atoms with van der Waals surface area (Å²) >= 11 is 0. The maximum Gasteiger partial charge on any atom is 0.125 e. The zero-order valence-corrected chi connectivity index (χ0v) is 16.2. The summed E-state index contributed by atoms with van der Waals surface area (Å²) in [7, 11) is 0. The quantitative estimate of drug-likeness (QED) is 0.560. The summed E-state index contributed by atoms with van der Waals surface area (Å²) in [5.41, 5.74) is 6.37. The Hall–Kier alpha value is -2.81. The van der Waals surface area contributed by atoms with Crippen molar-refractivity contribution < 1.29 is 4.39 Å². The van der Waals surface area contributed by atoms with Crippen LogP contribution in [-0.2, 0) is 19.4 Å². The summed E-state index contributed by atoms with van der Waals surface area (Å²) in [6.07, 6.45) is 4.59. The number of halogens is 1. The number of nitrogens with one attached hydrogen (secondary N) is 1. The Morgan fingerprint density at radius 3 is 2.64 bits per heavy atom. The third-order valence-corrected chi connectivity index (χ3v) is 5.49. The first kappa shape index (κ1) is 18.5. The topological polar surface area (TPSA) is 15.3 Å². The smallest absolute Gasteiger partial charge is 0.125 e. The van der Waals surface area contributed by atoms with Gasteiger partial charge < -0.3 is 10.2 Å². The molecule has 4 rings (SSSR count). The van der Waals surface area contributed by atoms with Crippen LogP contribution in [0, 0.1) is 5.82 Å². The minimum atomic E-state index is -0.204. The molecule has 1 aliphatic heterocycles. The lowest BCUT2D eigenvalue weighted by atomic mass is 9.95. The van der Waals surface area contributed by atoms with Crippen molar-refractivity contribution in [3.05, 3.63) is 95.3 Å². The fourth-order valence-corrected chi connectivity index (χ4v) is 4.09. The van der Waals surface area contributed by atoms with Crippen LogP contribution in [0.1, 0.15) is 29.5 Å². The third-order valence-electron chi connectivity index (χ3n) is 5.49. The van der Waals surface area contributed by atoms with E-state index in [1.165, 1.54) is 34.9 Å². The second-order valence-electron chi connectivity index (χ2n) is 7.46. The molecule has 28 heavy (non-hydrogen) atoms. The largest absolute Gasteiger partial charge is 0.381 e. The van der Waals surface area contributed by atoms with Crippen molar-refractivity contribution in [2.75, 3.05) is 23.3 Å². The predicted octanol–water partition coefficient (Wildman–Crippen LogP) is 5.82. The van der Waals surface area contributed by atoms with Gasteiger partial charge in [-0.1, -0.05) is 48.5 Å². The highest BCUT2D eigenvalue weighted by Gasteiger charge is 2.18. The van der Waals surface area contributed by atoms with Crippen LogP contribution in [0.3, 0.4) is 0 Å². The molecule has 0 saturated carbocycles. The van der Waals surface area contributed by atoms with Gasteiger partial charge in [-0.15, -0.1) is 0 Å². The first-order chi connectivity index (χ1) is 13.8. The molecular formula is C25H27FN2. The van der Waals surface area contributed by atoms with Gasteiger partial charge >= 0.3 is 0 Å². The summed E-state index contributed by atoms with van der Waals surface area (Å²) < 4.78 is 13.4. The second-order valence-corrected chi connectivity index (χ2v) is 7.46. The number of aryl methyl sites for hydroxylation is 1. The zero-order chi connectivity index (χ0) is 19.2. The average molecular weight is 375 g/mol. The van der Waals surface area contributed by atoms with E-state index in [1.54, 1.807) is 12.1 Å². The van der Waals surface area contributed by atoms with E-state index >= 15 is 0 Å². The summed E-state index contributed by atoms with van der Waals surface area (Å²) in [5.74, 6) is -0.204. The highest BCUT2D eigenvalue weighted by Crippen LogP contribution is 2.30. The van der Waals surface area contributed by atoms with Gasteiger partial charge in [-0.2, -0.15) is 0 Å². The van der Waals surface area contributed by atoms with Gasteiger partial charge in [0.2, 0.25) is 0 Å². The second kappa shape index (κ2) is 8.92. The molecule has 0 amide bonds. The van der Waals surface area contributed by atoms with Gasteiger partial charge in [0.05, 0.1) is 0 Å². The molecule has 0 fully saturated rings. The van der Waals surface area contributed by atoms with Crippen LogP contribution in [-0.4, -0.2) is 13.1 Å². The lowest BCUT2D eigenvalue weighted by Gasteiger charge is -2.33. The van der Waals surface area contributed by atoms with Gasteiger partial charge in [-0.25, -0.2) is 4.39 Å². The van der Waals surface area contributed by atoms with Gasteiger partial charge in [0.1, 0.15) is 5.82 Å². The van der Waals surface area contributed by atoms with Crippen LogP contribution in [0.5, 0.6) is 0 Å². The van der Waals surface area contributed by atoms with E-state index in [-0.39, 0.29) is 5.82 Å². The highest BCUT2D eigenvalue weighted by molar-refractivity contribution is 5.59. The number of hydrogen-bond acceptors (Lipinski definition) is 2. The molecule has 0 radical (unpaired) electrons. The first-order valence-electron chi connectivity index (χ1n) is 10.2. The molecular weight excluding hydrogens is 347 g/mol. The van der Waals surface area contributed by atoms with Crippen molar-refractivity contribution in [3.63, 3.8) is 0 Å². The Morgan fingerprint density at radius 2 is 1.79 bits per heavy atom. The van der Waals surface area contributed by atoms with Crippen molar-refractivity contribution in [2.24, 2.45) is 0 Å². The number of nitrogens with zero attached hydrogens (tertiary/aromatic N) is 1. The van der Waals surface area contributed by atoms with E-state index < -0.39 is 0 Å². The molecule has 0 aliphatic carbocycles. The van der Waals surface area contributed by atoms with Crippen LogP contribution >= 0.6 is 0 Å². The van der Waals surface area contributed by atoms with Crippen molar-refractivity contribution in [1.29, 1.82) is 0 Å². The van der Waals surface area contributed by atoms with E-state index in [0.29, 0.717) is 0 Å². The average Bonchev–Trinajstić information content (AvgIpc) is 2.73. The van der Waals surface area contributed by atoms with Crippen molar-refractivity contribution in [2.45, 2.75) is 32.2 Å². The molecule has 0 bridgehead atoms. The standard InChI is InChI=1S/C25H27FN2/c26-22-12-5-13-23(18-22)27-19-21-11-4-15-25-24(21)14-7-17-28(25)16-6-10-20-8-2-1-3-9-20/h1-5,8-9,11-13,15,18,27H,6-7,10,14,16-17,19H2. The molecule has 3 aromatic carbocycles. The molecule has 2 nitrogen and oxygen atoms in total. The Balaban J connectivity index is 1.42. The zero-order valence-electron chi connectivity index (χ0n) is 16.2. The van der Waals surface area contributed by atoms with E-state index in [4.69, 9.17) is 0 Å². The van der Waals surface area contributed by atoms with Crippen molar-refractivity contribution in [3.8, 4) is 0 Å². The van der Waals surface area contributed by atoms with E-state index in [9.17, 15) is 4.39 Å². The van der Waals surface area contributed by atoms with E-state index in [0.717, 1.165) is 44.6 Å². The summed E-state index contributed by atoms with van der Waals surface area (Å²) in [6, 6.07) is 24.0. The molecule has 3 heteroatoms. The van der Waals surface area contributed by atoms with Gasteiger partial charge in [-0.05, 0) is 66.6 Å². The lowest BCUT2D eigenvalue weighted by Crippen LogP contribution is -2.31. The van der Waals surface area contributed by atoms with Crippen LogP contribution < -0.4 is 10.2 Å². The summed E-state index contributed by atoms with van der Waals surface area (Å²) in [5, 5.41) is 3.37. The summed E-state index contributed by atoms with van der Waals surface area (Å²) in [4.78, 5) is 2.54. The minimum Gasteiger partial charge on any atom is -0.381 e. The molecule has 1 N–H and O–H groups in total. The van der Waals surface area contributed by atoms with Gasteiger partial charge in [0.25, 0.3) is 0 Å². The van der Waals surface area contributed by atoms with E-state index in [1.807, 2.05) is 6.07 Å². The number of rotatable bonds is 7. The highest BCUT2D eigenvalue weighted by atomic mass is 19.1. The SMILES string of the molecule is Fc1cccc(NCc2cccc3c2CCCN3CCCc2ccccc2)c1. The Morgan fingerprint density at radius 1 is 0.929 bits per heavy atom. The number of fused-ring (bicyclic) bond motifs is 1. The normalized spacial score (nSPS) is 13.2. The van der Waals surface area contributed by atoms with Crippen molar-refractivity contribution in [1.82, 2.24) is 0 Å². The molecule has 0 aromatic heterocycles. The molecule has 0 unspecified atom stereocenters. The minimum absolute atomic E-state index is 0.204. The molecule has 144 valence electrons. The number of hydrogen-bond donors (Lipinski definition) is 1. The molecule has 0 atom stereocenters. The summed E-state index contributed by atoms with van der Waals surface area (Å²) in [6.45, 7) is 2.94. The maximum absolute atomic E-state index is 13.4. The maximum atomic E-state index is 13.4. The fourth-order valence-electron chi connectivity index (χ4n) is 4.09. The Kier molecular flexibility index (Phi) is 5.91. The van der Waals surface area contributed by atoms with Crippen LogP contribution in [0.4, 0.5) is 15.8 Å². The molecule has 1 heterocycles. The van der Waals surface area contributed by atoms with Crippen LogP contribution in [0.25, 0.3) is 0 Å². The lowest BCUT2D eigenvalue weighted by molar-refractivity contribution is 0.628. The van der Waals surface area contributed by atoms with E-state index in [2.05, 4.69) is 58.7 Å². The number of anilines is 2. The fraction of sp³-hybridized carbons (Fsp3) is 0.280. The molecule has 0 saturated heterocycles. The Bertz CT molecular complexity index is 907. The molecule has 0 spiro atoms. The van der Waals surface area contributed by atoms with Gasteiger partial charge in [0, 0.05) is 31.0 Å². The molecule has 3 aromatic rings. The molecule has 1 aliphatic rings. The third kappa shape index (κ3) is 4.53. The van der Waals surface area contributed by atoms with Crippen LogP contribution in [0.2, 0.25) is 0 Å². The monoisotopic (exact) mass is 374 g/mol. The van der Waals surface area contributed by atoms with Gasteiger partial charge in [0.15, 0.2) is 0 Å². The predicted molar refractivity (Wildman–Crippen MR) is 115 cm³/mol. The Labute approximate surface area is 167 Å². The van der Waals surface area contributed by atoms with Crippen molar-refractivity contribution >= 4 is 11.4 Å². The van der Waals surface area contributed by atoms with Gasteiger partial charge in [-0.3, -0.25) is 0 Å². The first-order valence-corrected chi connectivity index (χ1v) is 10.2. The number of benzene rings is 3. The van der Waals surface area contributed by atoms with Crippen LogP contribution in [0.15, 0.2) is 72.8 Å².